The van der Waals surface area contributed by atoms with Crippen molar-refractivity contribution in [2.45, 2.75) is 64.6 Å². The van der Waals surface area contributed by atoms with Gasteiger partial charge in [-0.2, -0.15) is 4.98 Å². The third-order valence-electron chi connectivity index (χ3n) is 4.92. The zero-order valence-corrected chi connectivity index (χ0v) is 21.0. The quantitative estimate of drug-likeness (QED) is 0.205. The lowest BCUT2D eigenvalue weighted by Gasteiger charge is -2.37. The fourth-order valence-corrected chi connectivity index (χ4v) is 3.63. The van der Waals surface area contributed by atoms with Crippen LogP contribution in [0.4, 0.5) is 5.82 Å². The van der Waals surface area contributed by atoms with Gasteiger partial charge < -0.3 is 19.6 Å². The molecule has 1 heterocycles. The highest BCUT2D eigenvalue weighted by atomic mass is 127. The van der Waals surface area contributed by atoms with E-state index in [1.807, 2.05) is 6.92 Å². The highest BCUT2D eigenvalue weighted by Crippen LogP contribution is 2.36. The number of hydrogen-bond donors (Lipinski definition) is 1. The van der Waals surface area contributed by atoms with E-state index in [-0.39, 0.29) is 17.0 Å². The number of nitrogens with zero attached hydrogens (tertiary/aromatic N) is 2. The molecule has 1 rings (SSSR count). The monoisotopic (exact) mass is 523 g/mol. The minimum Gasteiger partial charge on any atom is -0.414 e. The van der Waals surface area contributed by atoms with Crippen molar-refractivity contribution < 1.29 is 13.9 Å². The maximum atomic E-state index is 12.3. The Morgan fingerprint density at radius 1 is 1.39 bits per heavy atom. The smallest absolute Gasteiger partial charge is 0.351 e. The van der Waals surface area contributed by atoms with Crippen LogP contribution in [-0.4, -0.2) is 43.8 Å². The van der Waals surface area contributed by atoms with Crippen molar-refractivity contribution in [2.75, 3.05) is 25.6 Å². The SMILES string of the molecule is C=CCOC[C@@H](CO[Si](C)(C)C(C)(C)C)O[C@H](CC)n1cc(I)c(N)nc1=O. The zero-order chi connectivity index (χ0) is 21.5. The number of ether oxygens (including phenoxy) is 2. The van der Waals surface area contributed by atoms with E-state index in [4.69, 9.17) is 19.6 Å². The molecule has 2 N–H and O–H groups in total. The van der Waals surface area contributed by atoms with Gasteiger partial charge in [-0.05, 0) is 47.1 Å². The van der Waals surface area contributed by atoms with Crippen molar-refractivity contribution in [3.63, 3.8) is 0 Å². The zero-order valence-electron chi connectivity index (χ0n) is 17.8. The second-order valence-corrected chi connectivity index (χ2v) is 14.2. The van der Waals surface area contributed by atoms with Gasteiger partial charge in [-0.3, -0.25) is 4.57 Å². The minimum absolute atomic E-state index is 0.0948. The van der Waals surface area contributed by atoms with Crippen LogP contribution in [0.3, 0.4) is 0 Å². The van der Waals surface area contributed by atoms with E-state index in [0.717, 1.165) is 0 Å². The van der Waals surface area contributed by atoms with Gasteiger partial charge in [0.15, 0.2) is 8.32 Å². The summed E-state index contributed by atoms with van der Waals surface area (Å²) in [5, 5.41) is 0.0948. The number of hydrogen-bond acceptors (Lipinski definition) is 6. The van der Waals surface area contributed by atoms with Gasteiger partial charge in [-0.25, -0.2) is 4.79 Å². The average molecular weight is 523 g/mol. The third kappa shape index (κ3) is 7.25. The Morgan fingerprint density at radius 3 is 2.57 bits per heavy atom. The van der Waals surface area contributed by atoms with Crippen LogP contribution in [0.5, 0.6) is 0 Å². The van der Waals surface area contributed by atoms with Crippen LogP contribution in [-0.2, 0) is 13.9 Å². The van der Waals surface area contributed by atoms with Crippen LogP contribution in [0.1, 0.15) is 40.3 Å². The molecule has 0 saturated heterocycles. The Balaban J connectivity index is 2.98. The summed E-state index contributed by atoms with van der Waals surface area (Å²) in [4.78, 5) is 16.2. The van der Waals surface area contributed by atoms with Crippen LogP contribution in [0, 0.1) is 3.57 Å². The van der Waals surface area contributed by atoms with Crippen LogP contribution in [0.25, 0.3) is 0 Å². The fraction of sp³-hybridized carbons (Fsp3) is 0.684. The first-order valence-corrected chi connectivity index (χ1v) is 13.4. The third-order valence-corrected chi connectivity index (χ3v) is 10.3. The minimum atomic E-state index is -1.94. The molecule has 0 aromatic carbocycles. The molecule has 0 bridgehead atoms. The fourth-order valence-electron chi connectivity index (χ4n) is 2.17. The number of anilines is 1. The molecular formula is C19H34IN3O4Si. The molecule has 0 saturated carbocycles. The highest BCUT2D eigenvalue weighted by molar-refractivity contribution is 14.1. The van der Waals surface area contributed by atoms with Crippen LogP contribution < -0.4 is 11.4 Å². The predicted octanol–water partition coefficient (Wildman–Crippen LogP) is 3.95. The highest BCUT2D eigenvalue weighted by Gasteiger charge is 2.38. The largest absolute Gasteiger partial charge is 0.414 e. The van der Waals surface area contributed by atoms with Gasteiger partial charge in [-0.1, -0.05) is 33.8 Å². The van der Waals surface area contributed by atoms with E-state index in [0.29, 0.717) is 29.8 Å². The van der Waals surface area contributed by atoms with Gasteiger partial charge in [0.05, 0.1) is 23.4 Å². The second kappa shape index (κ2) is 10.9. The predicted molar refractivity (Wildman–Crippen MR) is 124 cm³/mol. The van der Waals surface area contributed by atoms with Gasteiger partial charge in [0.2, 0.25) is 0 Å². The molecule has 0 amide bonds. The summed E-state index contributed by atoms with van der Waals surface area (Å²) >= 11 is 2.06. The number of halogens is 1. The van der Waals surface area contributed by atoms with Crippen molar-refractivity contribution in [2.24, 2.45) is 0 Å². The van der Waals surface area contributed by atoms with Gasteiger partial charge in [0.25, 0.3) is 0 Å². The van der Waals surface area contributed by atoms with E-state index in [1.54, 1.807) is 12.3 Å². The molecule has 28 heavy (non-hydrogen) atoms. The van der Waals surface area contributed by atoms with E-state index in [1.165, 1.54) is 4.57 Å². The van der Waals surface area contributed by atoms with Crippen LogP contribution in [0.2, 0.25) is 18.1 Å². The Bertz CT molecular complexity index is 703. The lowest BCUT2D eigenvalue weighted by Crippen LogP contribution is -2.44. The first kappa shape index (κ1) is 25.3. The summed E-state index contributed by atoms with van der Waals surface area (Å²) in [6.45, 7) is 17.8. The topological polar surface area (TPSA) is 88.6 Å². The Hall–Kier alpha value is -0.753. The van der Waals surface area contributed by atoms with Crippen molar-refractivity contribution in [3.05, 3.63) is 32.9 Å². The lowest BCUT2D eigenvalue weighted by molar-refractivity contribution is -0.103. The molecule has 0 spiro atoms. The average Bonchev–Trinajstić information content (AvgIpc) is 2.59. The van der Waals surface area contributed by atoms with Gasteiger partial charge in [0, 0.05) is 6.20 Å². The van der Waals surface area contributed by atoms with Gasteiger partial charge in [0.1, 0.15) is 18.1 Å². The van der Waals surface area contributed by atoms with Crippen LogP contribution >= 0.6 is 22.6 Å². The Labute approximate surface area is 182 Å². The summed E-state index contributed by atoms with van der Waals surface area (Å²) < 4.78 is 20.4. The molecule has 7 nitrogen and oxygen atoms in total. The molecule has 0 unspecified atom stereocenters. The summed E-state index contributed by atoms with van der Waals surface area (Å²) in [5.74, 6) is 0.226. The number of rotatable bonds is 11. The maximum Gasteiger partial charge on any atom is 0.351 e. The molecule has 0 fully saturated rings. The van der Waals surface area contributed by atoms with Gasteiger partial charge in [-0.15, -0.1) is 6.58 Å². The first-order chi connectivity index (χ1) is 12.9. The van der Waals surface area contributed by atoms with Crippen molar-refractivity contribution in [1.29, 1.82) is 0 Å². The first-order valence-electron chi connectivity index (χ1n) is 9.45. The van der Waals surface area contributed by atoms with Gasteiger partial charge >= 0.3 is 5.69 Å². The van der Waals surface area contributed by atoms with Crippen LogP contribution in [0.15, 0.2) is 23.6 Å². The second-order valence-electron chi connectivity index (χ2n) is 8.18. The van der Waals surface area contributed by atoms with Crippen molar-refractivity contribution >= 4 is 36.7 Å². The van der Waals surface area contributed by atoms with Crippen molar-refractivity contribution in [1.82, 2.24) is 9.55 Å². The number of aromatic nitrogens is 2. The Morgan fingerprint density at radius 2 is 2.04 bits per heavy atom. The van der Waals surface area contributed by atoms with Crippen molar-refractivity contribution in [3.8, 4) is 0 Å². The summed E-state index contributed by atoms with van der Waals surface area (Å²) in [7, 11) is -1.94. The van der Waals surface area contributed by atoms with E-state index in [9.17, 15) is 4.79 Å². The molecule has 0 aliphatic carbocycles. The lowest BCUT2D eigenvalue weighted by atomic mass is 10.2. The molecule has 1 aromatic heterocycles. The van der Waals surface area contributed by atoms with E-state index >= 15 is 0 Å². The summed E-state index contributed by atoms with van der Waals surface area (Å²) in [6.07, 6.45) is 3.17. The molecule has 0 radical (unpaired) electrons. The Kier molecular flexibility index (Phi) is 9.81. The molecular weight excluding hydrogens is 489 g/mol. The number of nitrogen functional groups attached to an aromatic ring is 1. The van der Waals surface area contributed by atoms with E-state index < -0.39 is 20.2 Å². The molecule has 2 atom stereocenters. The molecule has 160 valence electrons. The molecule has 1 aromatic rings. The normalized spacial score (nSPS) is 14.7. The molecule has 9 heteroatoms. The molecule has 0 aliphatic heterocycles. The summed E-state index contributed by atoms with van der Waals surface area (Å²) in [6, 6.07) is 0. The molecule has 0 aliphatic rings. The maximum absolute atomic E-state index is 12.3. The van der Waals surface area contributed by atoms with E-state index in [2.05, 4.69) is 68.0 Å². The standard InChI is InChI=1S/C19H34IN3O4Si/c1-8-10-25-12-14(13-26-28(6,7)19(3,4)5)27-16(9-2)23-11-15(20)17(21)22-18(23)24/h8,11,14,16H,1,9-10,12-13H2,2-7H3,(H2,21,22,24)/t14-,16+/m0/s1. The summed E-state index contributed by atoms with van der Waals surface area (Å²) in [5.41, 5.74) is 5.30. The number of nitrogens with two attached hydrogens (primary N) is 1.